The van der Waals surface area contributed by atoms with E-state index in [9.17, 15) is 9.18 Å². The van der Waals surface area contributed by atoms with Gasteiger partial charge in [-0.05, 0) is 57.2 Å². The number of hydrogen-bond donors (Lipinski definition) is 3. The van der Waals surface area contributed by atoms with Crippen LogP contribution in [0.4, 0.5) is 20.7 Å². The number of ether oxygens (including phenoxy) is 2. The van der Waals surface area contributed by atoms with Crippen LogP contribution in [0.15, 0.2) is 54.9 Å². The Labute approximate surface area is 183 Å². The number of amides is 1. The second-order valence-corrected chi connectivity index (χ2v) is 8.16. The summed E-state index contributed by atoms with van der Waals surface area (Å²) >= 11 is 0. The van der Waals surface area contributed by atoms with Crippen molar-refractivity contribution >= 4 is 28.5 Å². The first-order valence-corrected chi connectivity index (χ1v) is 9.84. The van der Waals surface area contributed by atoms with Gasteiger partial charge in [0.1, 0.15) is 17.2 Å². The highest BCUT2D eigenvalue weighted by molar-refractivity contribution is 5.88. The highest BCUT2D eigenvalue weighted by Gasteiger charge is 2.17. The minimum Gasteiger partial charge on any atom is -0.454 e. The average Bonchev–Trinajstić information content (AvgIpc) is 3.16. The normalized spacial score (nSPS) is 11.4. The number of aromatic amines is 1. The van der Waals surface area contributed by atoms with E-state index in [1.807, 2.05) is 6.07 Å². The number of nitrogens with one attached hydrogen (secondary N) is 2. The van der Waals surface area contributed by atoms with Crippen molar-refractivity contribution in [2.24, 2.45) is 0 Å². The first-order chi connectivity index (χ1) is 15.2. The van der Waals surface area contributed by atoms with E-state index in [1.165, 1.54) is 12.1 Å². The van der Waals surface area contributed by atoms with Crippen LogP contribution in [-0.2, 0) is 4.74 Å². The van der Waals surface area contributed by atoms with Crippen molar-refractivity contribution in [3.63, 3.8) is 0 Å². The molecule has 0 spiro atoms. The summed E-state index contributed by atoms with van der Waals surface area (Å²) in [7, 11) is 0. The predicted molar refractivity (Wildman–Crippen MR) is 120 cm³/mol. The molecule has 0 fully saturated rings. The zero-order valence-corrected chi connectivity index (χ0v) is 17.8. The third-order valence-electron chi connectivity index (χ3n) is 4.42. The molecule has 1 amide bonds. The Kier molecular flexibility index (Phi) is 5.40. The SMILES string of the molecule is CC(C)(C)OC(=O)Nc1ccc(-c2cc3[nH]ncc3cc2Oc2ccc(N)cc2F)cn1. The topological polar surface area (TPSA) is 115 Å². The smallest absolute Gasteiger partial charge is 0.413 e. The first kappa shape index (κ1) is 21.1. The molecule has 9 heteroatoms. The standard InChI is InChI=1S/C23H22FN5O3/c1-23(2,3)32-22(30)28-21-7-4-13(11-26-21)16-10-18-14(12-27-29-18)8-20(16)31-19-6-5-15(25)9-17(19)24/h4-12H,25H2,1-3H3,(H,27,29)(H,26,28,30). The third kappa shape index (κ3) is 4.77. The summed E-state index contributed by atoms with van der Waals surface area (Å²) in [5, 5.41) is 10.3. The summed E-state index contributed by atoms with van der Waals surface area (Å²) in [5.41, 5.74) is 7.45. The average molecular weight is 435 g/mol. The van der Waals surface area contributed by atoms with Gasteiger partial charge in [0.2, 0.25) is 0 Å². The van der Waals surface area contributed by atoms with Crippen LogP contribution in [0.1, 0.15) is 20.8 Å². The molecule has 0 unspecified atom stereocenters. The number of rotatable bonds is 4. The molecule has 0 aliphatic carbocycles. The highest BCUT2D eigenvalue weighted by Crippen LogP contribution is 2.37. The van der Waals surface area contributed by atoms with Gasteiger partial charge in [-0.3, -0.25) is 10.4 Å². The second kappa shape index (κ2) is 8.18. The minimum absolute atomic E-state index is 0.0412. The maximum atomic E-state index is 14.3. The fraction of sp³-hybridized carbons (Fsp3) is 0.174. The number of nitrogens with two attached hydrogens (primary N) is 1. The Morgan fingerprint density at radius 1 is 1.09 bits per heavy atom. The van der Waals surface area contributed by atoms with Crippen molar-refractivity contribution in [3.05, 3.63) is 60.7 Å². The summed E-state index contributed by atoms with van der Waals surface area (Å²) in [6.45, 7) is 5.33. The first-order valence-electron chi connectivity index (χ1n) is 9.84. The van der Waals surface area contributed by atoms with Crippen molar-refractivity contribution in [2.45, 2.75) is 26.4 Å². The van der Waals surface area contributed by atoms with Gasteiger partial charge in [0.25, 0.3) is 0 Å². The predicted octanol–water partition coefficient (Wildman–Crippen LogP) is 5.49. The van der Waals surface area contributed by atoms with Gasteiger partial charge in [0.15, 0.2) is 11.6 Å². The molecule has 4 aromatic rings. The number of nitrogen functional groups attached to an aromatic ring is 1. The third-order valence-corrected chi connectivity index (χ3v) is 4.42. The van der Waals surface area contributed by atoms with Gasteiger partial charge >= 0.3 is 6.09 Å². The molecule has 164 valence electrons. The number of benzene rings is 2. The van der Waals surface area contributed by atoms with Gasteiger partial charge < -0.3 is 15.2 Å². The van der Waals surface area contributed by atoms with Crippen LogP contribution in [0.25, 0.3) is 22.0 Å². The van der Waals surface area contributed by atoms with Gasteiger partial charge in [-0.15, -0.1) is 0 Å². The maximum absolute atomic E-state index is 14.3. The van der Waals surface area contributed by atoms with Crippen LogP contribution >= 0.6 is 0 Å². The van der Waals surface area contributed by atoms with E-state index in [0.717, 1.165) is 10.9 Å². The summed E-state index contributed by atoms with van der Waals surface area (Å²) in [6.07, 6.45) is 2.63. The zero-order chi connectivity index (χ0) is 22.9. The number of nitrogens with zero attached hydrogens (tertiary/aromatic N) is 2. The molecule has 32 heavy (non-hydrogen) atoms. The molecule has 4 rings (SSSR count). The van der Waals surface area contributed by atoms with Gasteiger partial charge in [-0.2, -0.15) is 5.10 Å². The van der Waals surface area contributed by atoms with Crippen LogP contribution in [0, 0.1) is 5.82 Å². The Morgan fingerprint density at radius 2 is 1.91 bits per heavy atom. The van der Waals surface area contributed by atoms with Crippen molar-refractivity contribution < 1.29 is 18.7 Å². The molecular weight excluding hydrogens is 413 g/mol. The summed E-state index contributed by atoms with van der Waals surface area (Å²) < 4.78 is 25.5. The van der Waals surface area contributed by atoms with E-state index in [1.54, 1.807) is 57.4 Å². The molecule has 2 aromatic heterocycles. The lowest BCUT2D eigenvalue weighted by molar-refractivity contribution is 0.0635. The lowest BCUT2D eigenvalue weighted by atomic mass is 10.0. The van der Waals surface area contributed by atoms with Crippen LogP contribution in [0.2, 0.25) is 0 Å². The van der Waals surface area contributed by atoms with Crippen molar-refractivity contribution in [1.29, 1.82) is 0 Å². The van der Waals surface area contributed by atoms with Gasteiger partial charge in [0, 0.05) is 34.5 Å². The number of pyridine rings is 1. The number of anilines is 2. The van der Waals surface area contributed by atoms with Crippen molar-refractivity contribution in [3.8, 4) is 22.6 Å². The minimum atomic E-state index is -0.618. The Hall–Kier alpha value is -4.14. The molecule has 2 aromatic carbocycles. The number of H-pyrrole nitrogens is 1. The van der Waals surface area contributed by atoms with Gasteiger partial charge in [-0.1, -0.05) is 0 Å². The monoisotopic (exact) mass is 435 g/mol. The zero-order valence-electron chi connectivity index (χ0n) is 17.8. The quantitative estimate of drug-likeness (QED) is 0.365. The van der Waals surface area contributed by atoms with Gasteiger partial charge in [0.05, 0.1) is 11.7 Å². The summed E-state index contributed by atoms with van der Waals surface area (Å²) in [6, 6.07) is 11.2. The molecule has 4 N–H and O–H groups in total. The van der Waals surface area contributed by atoms with Crippen LogP contribution in [0.5, 0.6) is 11.5 Å². The van der Waals surface area contributed by atoms with E-state index in [0.29, 0.717) is 28.4 Å². The molecule has 8 nitrogen and oxygen atoms in total. The largest absolute Gasteiger partial charge is 0.454 e. The summed E-state index contributed by atoms with van der Waals surface area (Å²) in [4.78, 5) is 16.3. The molecule has 0 aliphatic heterocycles. The molecule has 0 aliphatic rings. The maximum Gasteiger partial charge on any atom is 0.413 e. The highest BCUT2D eigenvalue weighted by atomic mass is 19.1. The van der Waals surface area contributed by atoms with Gasteiger partial charge in [-0.25, -0.2) is 14.2 Å². The number of aromatic nitrogens is 3. The lowest BCUT2D eigenvalue weighted by Crippen LogP contribution is -2.27. The number of carbonyl (C=O) groups is 1. The Bertz CT molecular complexity index is 1280. The lowest BCUT2D eigenvalue weighted by Gasteiger charge is -2.19. The van der Waals surface area contributed by atoms with Crippen LogP contribution < -0.4 is 15.8 Å². The molecule has 2 heterocycles. The molecule has 0 atom stereocenters. The second-order valence-electron chi connectivity index (χ2n) is 8.16. The van der Waals surface area contributed by atoms with Crippen LogP contribution in [-0.4, -0.2) is 26.9 Å². The Morgan fingerprint density at radius 3 is 2.59 bits per heavy atom. The molecule has 0 saturated heterocycles. The molecular formula is C23H22FN5O3. The van der Waals surface area contributed by atoms with Crippen LogP contribution in [0.3, 0.4) is 0 Å². The molecule has 0 bridgehead atoms. The van der Waals surface area contributed by atoms with E-state index < -0.39 is 17.5 Å². The summed E-state index contributed by atoms with van der Waals surface area (Å²) in [5.74, 6) is 0.215. The Balaban J connectivity index is 1.65. The van der Waals surface area contributed by atoms with E-state index in [4.69, 9.17) is 15.2 Å². The number of fused-ring (bicyclic) bond motifs is 1. The van der Waals surface area contributed by atoms with E-state index in [-0.39, 0.29) is 5.75 Å². The van der Waals surface area contributed by atoms with Crippen molar-refractivity contribution in [1.82, 2.24) is 15.2 Å². The number of hydrogen-bond acceptors (Lipinski definition) is 6. The van der Waals surface area contributed by atoms with Crippen molar-refractivity contribution in [2.75, 3.05) is 11.1 Å². The fourth-order valence-corrected chi connectivity index (χ4v) is 3.03. The number of halogens is 1. The number of carbonyl (C=O) groups excluding carboxylic acids is 1. The van der Waals surface area contributed by atoms with E-state index in [2.05, 4.69) is 20.5 Å². The molecule has 0 radical (unpaired) electrons. The van der Waals surface area contributed by atoms with E-state index >= 15 is 0 Å². The molecule has 0 saturated carbocycles. The fourth-order valence-electron chi connectivity index (χ4n) is 3.03.